The minimum Gasteiger partial charge on any atom is -0.444 e. The molecular weight excluding hydrogens is 466 g/mol. The summed E-state index contributed by atoms with van der Waals surface area (Å²) < 4.78 is 5.42. The molecule has 0 radical (unpaired) electrons. The molecule has 0 heterocycles. The monoisotopic (exact) mass is 505 g/mol. The van der Waals surface area contributed by atoms with Crippen LogP contribution in [0.4, 0.5) is 4.79 Å². The van der Waals surface area contributed by atoms with Crippen LogP contribution in [0, 0.1) is 18.3 Å². The second kappa shape index (κ2) is 13.5. The van der Waals surface area contributed by atoms with Crippen LogP contribution in [-0.2, 0) is 20.9 Å². The molecule has 2 N–H and O–H groups in total. The first-order valence-electron chi connectivity index (χ1n) is 12.7. The van der Waals surface area contributed by atoms with E-state index in [2.05, 4.69) is 16.6 Å². The molecule has 37 heavy (non-hydrogen) atoms. The third kappa shape index (κ3) is 8.38. The van der Waals surface area contributed by atoms with Gasteiger partial charge in [0.25, 0.3) is 0 Å². The van der Waals surface area contributed by atoms with Crippen LogP contribution in [0.2, 0.25) is 0 Å². The Morgan fingerprint density at radius 3 is 2.22 bits per heavy atom. The molecule has 0 aliphatic rings. The molecule has 0 aliphatic heterocycles. The molecular formula is C30H39N3O4. The zero-order valence-corrected chi connectivity index (χ0v) is 22.7. The van der Waals surface area contributed by atoms with Gasteiger partial charge in [0.05, 0.1) is 0 Å². The number of terminal acetylenes is 1. The summed E-state index contributed by atoms with van der Waals surface area (Å²) in [6, 6.07) is 14.7. The van der Waals surface area contributed by atoms with Crippen molar-refractivity contribution in [2.75, 3.05) is 6.54 Å². The molecule has 7 heteroatoms. The van der Waals surface area contributed by atoms with Gasteiger partial charge in [0.2, 0.25) is 11.8 Å². The van der Waals surface area contributed by atoms with Gasteiger partial charge in [-0.05, 0) is 50.8 Å². The van der Waals surface area contributed by atoms with Crippen molar-refractivity contribution in [3.8, 4) is 12.3 Å². The SMILES string of the molecule is C#Cc1ccccc1C(C(=O)NCc1ccccc1)N(CC)C(=O)C(NC(=O)OC(C)(C)C)C(C)CC. The molecule has 0 aliphatic carbocycles. The van der Waals surface area contributed by atoms with E-state index in [1.54, 1.807) is 52.0 Å². The molecule has 198 valence electrons. The van der Waals surface area contributed by atoms with Gasteiger partial charge in [0.1, 0.15) is 17.7 Å². The summed E-state index contributed by atoms with van der Waals surface area (Å²) in [5.74, 6) is 1.69. The Hall–Kier alpha value is -3.79. The zero-order chi connectivity index (χ0) is 27.6. The lowest BCUT2D eigenvalue weighted by molar-refractivity contribution is -0.143. The number of rotatable bonds is 10. The summed E-state index contributed by atoms with van der Waals surface area (Å²) >= 11 is 0. The topological polar surface area (TPSA) is 87.7 Å². The minimum absolute atomic E-state index is 0.204. The number of hydrogen-bond acceptors (Lipinski definition) is 4. The highest BCUT2D eigenvalue weighted by molar-refractivity contribution is 5.92. The Balaban J connectivity index is 2.46. The lowest BCUT2D eigenvalue weighted by atomic mass is 9.94. The summed E-state index contributed by atoms with van der Waals surface area (Å²) in [5.41, 5.74) is 1.28. The molecule has 0 spiro atoms. The Kier molecular flexibility index (Phi) is 10.7. The zero-order valence-electron chi connectivity index (χ0n) is 22.7. The highest BCUT2D eigenvalue weighted by atomic mass is 16.6. The number of carbonyl (C=O) groups is 3. The normalized spacial score (nSPS) is 13.4. The summed E-state index contributed by atoms with van der Waals surface area (Å²) in [4.78, 5) is 41.8. The van der Waals surface area contributed by atoms with E-state index in [0.717, 1.165) is 5.56 Å². The van der Waals surface area contributed by atoms with Crippen LogP contribution in [-0.4, -0.2) is 41.0 Å². The number of alkyl carbamates (subject to hydrolysis) is 1. The van der Waals surface area contributed by atoms with Crippen molar-refractivity contribution in [2.45, 2.75) is 72.2 Å². The van der Waals surface area contributed by atoms with Crippen LogP contribution in [0.3, 0.4) is 0 Å². The van der Waals surface area contributed by atoms with Crippen LogP contribution in [0.25, 0.3) is 0 Å². The smallest absolute Gasteiger partial charge is 0.408 e. The summed E-state index contributed by atoms with van der Waals surface area (Å²) in [6.07, 6.45) is 5.72. The molecule has 2 rings (SSSR count). The van der Waals surface area contributed by atoms with Crippen molar-refractivity contribution in [3.63, 3.8) is 0 Å². The van der Waals surface area contributed by atoms with E-state index in [0.29, 0.717) is 24.1 Å². The Labute approximate surface area is 221 Å². The van der Waals surface area contributed by atoms with Crippen molar-refractivity contribution in [1.29, 1.82) is 0 Å². The van der Waals surface area contributed by atoms with Crippen LogP contribution in [0.1, 0.15) is 70.7 Å². The van der Waals surface area contributed by atoms with Crippen LogP contribution in [0.15, 0.2) is 54.6 Å². The van der Waals surface area contributed by atoms with Gasteiger partial charge in [0, 0.05) is 18.7 Å². The first-order chi connectivity index (χ1) is 17.5. The number of amides is 3. The average molecular weight is 506 g/mol. The molecule has 0 fully saturated rings. The van der Waals surface area contributed by atoms with E-state index in [1.807, 2.05) is 44.2 Å². The molecule has 0 aromatic heterocycles. The van der Waals surface area contributed by atoms with Crippen molar-refractivity contribution >= 4 is 17.9 Å². The van der Waals surface area contributed by atoms with Gasteiger partial charge in [-0.15, -0.1) is 6.42 Å². The lowest BCUT2D eigenvalue weighted by Crippen LogP contribution is -2.55. The van der Waals surface area contributed by atoms with E-state index in [9.17, 15) is 14.4 Å². The number of carbonyl (C=O) groups excluding carboxylic acids is 3. The lowest BCUT2D eigenvalue weighted by Gasteiger charge is -2.35. The quantitative estimate of drug-likeness (QED) is 0.454. The fourth-order valence-electron chi connectivity index (χ4n) is 3.96. The van der Waals surface area contributed by atoms with Crippen LogP contribution < -0.4 is 10.6 Å². The van der Waals surface area contributed by atoms with Crippen molar-refractivity contribution in [2.24, 2.45) is 5.92 Å². The predicted octanol–water partition coefficient (Wildman–Crippen LogP) is 4.81. The van der Waals surface area contributed by atoms with Gasteiger partial charge >= 0.3 is 6.09 Å². The van der Waals surface area contributed by atoms with Gasteiger partial charge in [-0.25, -0.2) is 4.79 Å². The van der Waals surface area contributed by atoms with Gasteiger partial charge in [-0.2, -0.15) is 0 Å². The third-order valence-corrected chi connectivity index (χ3v) is 6.06. The van der Waals surface area contributed by atoms with E-state index in [-0.39, 0.29) is 24.3 Å². The van der Waals surface area contributed by atoms with E-state index >= 15 is 0 Å². The first kappa shape index (κ1) is 29.4. The highest BCUT2D eigenvalue weighted by Crippen LogP contribution is 2.27. The second-order valence-corrected chi connectivity index (χ2v) is 9.97. The van der Waals surface area contributed by atoms with E-state index in [4.69, 9.17) is 11.2 Å². The Bertz CT molecular complexity index is 1100. The maximum absolute atomic E-state index is 14.0. The number of likely N-dealkylation sites (N-methyl/N-ethyl adjacent to an activating group) is 1. The van der Waals surface area contributed by atoms with Gasteiger partial charge in [-0.3, -0.25) is 9.59 Å². The molecule has 2 aromatic carbocycles. The number of nitrogens with zero attached hydrogens (tertiary/aromatic N) is 1. The number of hydrogen-bond donors (Lipinski definition) is 2. The summed E-state index contributed by atoms with van der Waals surface area (Å²) in [7, 11) is 0. The first-order valence-corrected chi connectivity index (χ1v) is 12.7. The van der Waals surface area contributed by atoms with Crippen molar-refractivity contribution < 1.29 is 19.1 Å². The number of nitrogens with one attached hydrogen (secondary N) is 2. The molecule has 7 nitrogen and oxygen atoms in total. The van der Waals surface area contributed by atoms with Crippen LogP contribution in [0.5, 0.6) is 0 Å². The minimum atomic E-state index is -0.986. The molecule has 3 amide bonds. The standard InChI is InChI=1S/C30H39N3O4/c1-8-21(4)25(32-29(36)37-30(5,6)7)28(35)33(10-3)26(24-19-15-14-18-23(24)9-2)27(34)31-20-22-16-12-11-13-17-22/h2,11-19,21,25-26H,8,10,20H2,1,3-7H3,(H,31,34)(H,32,36). The van der Waals surface area contributed by atoms with Gasteiger partial charge < -0.3 is 20.3 Å². The number of benzene rings is 2. The molecule has 2 aromatic rings. The molecule has 3 atom stereocenters. The fourth-order valence-corrected chi connectivity index (χ4v) is 3.96. The van der Waals surface area contributed by atoms with E-state index < -0.39 is 23.8 Å². The Morgan fingerprint density at radius 2 is 1.65 bits per heavy atom. The average Bonchev–Trinajstić information content (AvgIpc) is 2.87. The highest BCUT2D eigenvalue weighted by Gasteiger charge is 2.38. The summed E-state index contributed by atoms with van der Waals surface area (Å²) in [5, 5.41) is 5.71. The van der Waals surface area contributed by atoms with Crippen molar-refractivity contribution in [1.82, 2.24) is 15.5 Å². The maximum Gasteiger partial charge on any atom is 0.408 e. The maximum atomic E-state index is 14.0. The van der Waals surface area contributed by atoms with Gasteiger partial charge in [-0.1, -0.05) is 74.7 Å². The Morgan fingerprint density at radius 1 is 1.03 bits per heavy atom. The molecule has 0 saturated carbocycles. The number of ether oxygens (including phenoxy) is 1. The van der Waals surface area contributed by atoms with Crippen molar-refractivity contribution in [3.05, 3.63) is 71.3 Å². The second-order valence-electron chi connectivity index (χ2n) is 9.97. The molecule has 0 saturated heterocycles. The largest absolute Gasteiger partial charge is 0.444 e. The third-order valence-electron chi connectivity index (χ3n) is 6.06. The van der Waals surface area contributed by atoms with Crippen LogP contribution >= 0.6 is 0 Å². The van der Waals surface area contributed by atoms with E-state index in [1.165, 1.54) is 4.90 Å². The molecule has 3 unspecified atom stereocenters. The predicted molar refractivity (Wildman–Crippen MR) is 145 cm³/mol. The molecule has 0 bridgehead atoms. The fraction of sp³-hybridized carbons (Fsp3) is 0.433. The van der Waals surface area contributed by atoms with Gasteiger partial charge in [0.15, 0.2) is 0 Å². The summed E-state index contributed by atoms with van der Waals surface area (Å²) in [6.45, 7) is 11.4.